The van der Waals surface area contributed by atoms with Gasteiger partial charge in [0, 0.05) is 12.6 Å². The summed E-state index contributed by atoms with van der Waals surface area (Å²) in [6.07, 6.45) is 0.422. The second-order valence-electron chi connectivity index (χ2n) is 5.60. The molecule has 0 saturated heterocycles. The smallest absolute Gasteiger partial charge is 0.308 e. The summed E-state index contributed by atoms with van der Waals surface area (Å²) >= 11 is 0. The molecule has 7 nitrogen and oxygen atoms in total. The maximum atomic E-state index is 12.2. The molecule has 0 radical (unpaired) electrons. The molecule has 120 valence electrons. The number of nitrogens with zero attached hydrogens (tertiary/aromatic N) is 1. The second kappa shape index (κ2) is 7.53. The minimum Gasteiger partial charge on any atom is -0.481 e. The van der Waals surface area contributed by atoms with E-state index >= 15 is 0 Å². The highest BCUT2D eigenvalue weighted by atomic mass is 16.6. The van der Waals surface area contributed by atoms with Crippen LogP contribution in [0.2, 0.25) is 0 Å². The van der Waals surface area contributed by atoms with Crippen molar-refractivity contribution >= 4 is 17.6 Å². The highest BCUT2D eigenvalue weighted by Crippen LogP contribution is 2.22. The average molecular weight is 308 g/mol. The maximum Gasteiger partial charge on any atom is 0.308 e. The molecule has 7 heteroatoms. The predicted molar refractivity (Wildman–Crippen MR) is 80.7 cm³/mol. The van der Waals surface area contributed by atoms with E-state index in [2.05, 4.69) is 5.32 Å². The molecular formula is C15H20N2O5. The molecule has 0 saturated carbocycles. The van der Waals surface area contributed by atoms with Crippen molar-refractivity contribution in [2.75, 3.05) is 6.54 Å². The van der Waals surface area contributed by atoms with Crippen LogP contribution in [0.25, 0.3) is 0 Å². The molecular weight excluding hydrogens is 288 g/mol. The van der Waals surface area contributed by atoms with Crippen LogP contribution in [0.3, 0.4) is 0 Å². The Balaban J connectivity index is 2.90. The fourth-order valence-electron chi connectivity index (χ4n) is 2.24. The third-order valence-corrected chi connectivity index (χ3v) is 3.29. The lowest BCUT2D eigenvalue weighted by Gasteiger charge is -2.16. The van der Waals surface area contributed by atoms with Crippen LogP contribution in [0.1, 0.15) is 36.2 Å². The maximum absolute atomic E-state index is 12.2. The van der Waals surface area contributed by atoms with Crippen LogP contribution in [0, 0.1) is 28.9 Å². The standard InChI is InChI=1S/C15H20N2O5/c1-9(2)7-11(15(19)20)8-16-14(18)13-10(3)5-4-6-12(13)17(21)22/h4-6,9,11H,7-8H2,1-3H3,(H,16,18)(H,19,20). The van der Waals surface area contributed by atoms with Gasteiger partial charge in [0.1, 0.15) is 5.56 Å². The van der Waals surface area contributed by atoms with Gasteiger partial charge in [-0.1, -0.05) is 26.0 Å². The Hall–Kier alpha value is -2.44. The molecule has 2 N–H and O–H groups in total. The lowest BCUT2D eigenvalue weighted by molar-refractivity contribution is -0.385. The molecule has 0 aromatic heterocycles. The van der Waals surface area contributed by atoms with Crippen LogP contribution in [-0.4, -0.2) is 28.5 Å². The highest BCUT2D eigenvalue weighted by molar-refractivity contribution is 5.99. The number of rotatable bonds is 7. The van der Waals surface area contributed by atoms with E-state index in [1.54, 1.807) is 13.0 Å². The number of amides is 1. The molecule has 0 bridgehead atoms. The van der Waals surface area contributed by atoms with Crippen molar-refractivity contribution in [2.24, 2.45) is 11.8 Å². The normalized spacial score (nSPS) is 12.0. The molecule has 0 fully saturated rings. The number of aryl methyl sites for hydroxylation is 1. The number of nitro groups is 1. The summed E-state index contributed by atoms with van der Waals surface area (Å²) in [5.74, 6) is -2.16. The number of nitrogens with one attached hydrogen (secondary N) is 1. The van der Waals surface area contributed by atoms with Gasteiger partial charge < -0.3 is 10.4 Å². The predicted octanol–water partition coefficient (Wildman–Crippen LogP) is 2.38. The van der Waals surface area contributed by atoms with Crippen LogP contribution in [0.15, 0.2) is 18.2 Å². The number of carboxylic acids is 1. The van der Waals surface area contributed by atoms with E-state index in [4.69, 9.17) is 5.11 Å². The molecule has 0 heterocycles. The molecule has 1 amide bonds. The molecule has 1 atom stereocenters. The number of carboxylic acid groups (broad SMARTS) is 1. The molecule has 1 rings (SSSR count). The van der Waals surface area contributed by atoms with Crippen molar-refractivity contribution in [3.8, 4) is 0 Å². The number of hydrogen-bond acceptors (Lipinski definition) is 4. The van der Waals surface area contributed by atoms with E-state index in [9.17, 15) is 19.7 Å². The van der Waals surface area contributed by atoms with Gasteiger partial charge in [-0.15, -0.1) is 0 Å². The van der Waals surface area contributed by atoms with Crippen molar-refractivity contribution in [3.63, 3.8) is 0 Å². The Morgan fingerprint density at radius 3 is 2.50 bits per heavy atom. The van der Waals surface area contributed by atoms with Crippen molar-refractivity contribution < 1.29 is 19.6 Å². The van der Waals surface area contributed by atoms with Crippen LogP contribution in [0.4, 0.5) is 5.69 Å². The van der Waals surface area contributed by atoms with Crippen LogP contribution in [0.5, 0.6) is 0 Å². The fourth-order valence-corrected chi connectivity index (χ4v) is 2.24. The molecule has 0 aliphatic heterocycles. The Morgan fingerprint density at radius 2 is 2.00 bits per heavy atom. The zero-order valence-corrected chi connectivity index (χ0v) is 12.8. The number of hydrogen-bond donors (Lipinski definition) is 2. The van der Waals surface area contributed by atoms with Gasteiger partial charge in [-0.2, -0.15) is 0 Å². The van der Waals surface area contributed by atoms with E-state index < -0.39 is 22.7 Å². The topological polar surface area (TPSA) is 110 Å². The first-order valence-electron chi connectivity index (χ1n) is 6.99. The summed E-state index contributed by atoms with van der Waals surface area (Å²) in [5, 5.41) is 22.6. The van der Waals surface area contributed by atoms with Crippen LogP contribution >= 0.6 is 0 Å². The summed E-state index contributed by atoms with van der Waals surface area (Å²) in [5.41, 5.74) is 0.164. The van der Waals surface area contributed by atoms with Gasteiger partial charge in [0.25, 0.3) is 11.6 Å². The SMILES string of the molecule is Cc1cccc([N+](=O)[O-])c1C(=O)NCC(CC(C)C)C(=O)O. The van der Waals surface area contributed by atoms with E-state index in [1.165, 1.54) is 12.1 Å². The molecule has 1 aromatic rings. The second-order valence-corrected chi connectivity index (χ2v) is 5.60. The summed E-state index contributed by atoms with van der Waals surface area (Å²) in [4.78, 5) is 33.7. The summed E-state index contributed by atoms with van der Waals surface area (Å²) in [6.45, 7) is 5.33. The zero-order chi connectivity index (χ0) is 16.9. The minimum absolute atomic E-state index is 0.0267. The number of benzene rings is 1. The van der Waals surface area contributed by atoms with Gasteiger partial charge in [-0.05, 0) is 24.8 Å². The largest absolute Gasteiger partial charge is 0.481 e. The van der Waals surface area contributed by atoms with Gasteiger partial charge in [0.15, 0.2) is 0 Å². The van der Waals surface area contributed by atoms with Crippen LogP contribution < -0.4 is 5.32 Å². The zero-order valence-electron chi connectivity index (χ0n) is 12.8. The van der Waals surface area contributed by atoms with Crippen molar-refractivity contribution in [2.45, 2.75) is 27.2 Å². The lowest BCUT2D eigenvalue weighted by Crippen LogP contribution is -2.34. The Bertz CT molecular complexity index is 583. The van der Waals surface area contributed by atoms with E-state index in [0.29, 0.717) is 12.0 Å². The number of nitro benzene ring substituents is 1. The van der Waals surface area contributed by atoms with Crippen LogP contribution in [-0.2, 0) is 4.79 Å². The van der Waals surface area contributed by atoms with Crippen molar-refractivity contribution in [1.29, 1.82) is 0 Å². The Labute approximate surface area is 128 Å². The molecule has 0 spiro atoms. The lowest BCUT2D eigenvalue weighted by atomic mass is 9.97. The van der Waals surface area contributed by atoms with E-state index in [0.717, 1.165) is 0 Å². The molecule has 1 unspecified atom stereocenters. The van der Waals surface area contributed by atoms with E-state index in [-0.39, 0.29) is 23.7 Å². The number of aliphatic carboxylic acids is 1. The number of carbonyl (C=O) groups is 2. The van der Waals surface area contributed by atoms with Gasteiger partial charge >= 0.3 is 5.97 Å². The van der Waals surface area contributed by atoms with Gasteiger partial charge in [0.05, 0.1) is 10.8 Å². The van der Waals surface area contributed by atoms with Crippen molar-refractivity contribution in [1.82, 2.24) is 5.32 Å². The quantitative estimate of drug-likeness (QED) is 0.593. The molecule has 22 heavy (non-hydrogen) atoms. The summed E-state index contributed by atoms with van der Waals surface area (Å²) in [7, 11) is 0. The monoisotopic (exact) mass is 308 g/mol. The van der Waals surface area contributed by atoms with E-state index in [1.807, 2.05) is 13.8 Å². The third-order valence-electron chi connectivity index (χ3n) is 3.29. The molecule has 0 aliphatic rings. The highest BCUT2D eigenvalue weighted by Gasteiger charge is 2.24. The van der Waals surface area contributed by atoms with Gasteiger partial charge in [0.2, 0.25) is 0 Å². The summed E-state index contributed by atoms with van der Waals surface area (Å²) in [6, 6.07) is 4.36. The Morgan fingerprint density at radius 1 is 1.36 bits per heavy atom. The van der Waals surface area contributed by atoms with Crippen molar-refractivity contribution in [3.05, 3.63) is 39.4 Å². The van der Waals surface area contributed by atoms with Gasteiger partial charge in [-0.25, -0.2) is 0 Å². The minimum atomic E-state index is -0.992. The fraction of sp³-hybridized carbons (Fsp3) is 0.467. The summed E-state index contributed by atoms with van der Waals surface area (Å²) < 4.78 is 0. The first kappa shape index (κ1) is 17.6. The third kappa shape index (κ3) is 4.54. The first-order chi connectivity index (χ1) is 10.2. The average Bonchev–Trinajstić information content (AvgIpc) is 2.41. The number of carbonyl (C=O) groups excluding carboxylic acids is 1. The molecule has 1 aromatic carbocycles. The Kier molecular flexibility index (Phi) is 6.03. The van der Waals surface area contributed by atoms with Gasteiger partial charge in [-0.3, -0.25) is 19.7 Å². The molecule has 0 aliphatic carbocycles. The first-order valence-corrected chi connectivity index (χ1v) is 6.99.